The lowest BCUT2D eigenvalue weighted by Gasteiger charge is -2.03. The van der Waals surface area contributed by atoms with E-state index < -0.39 is 5.97 Å². The first-order valence-corrected chi connectivity index (χ1v) is 7.14. The molecule has 0 spiro atoms. The van der Waals surface area contributed by atoms with Crippen LogP contribution in [-0.4, -0.2) is 18.4 Å². The lowest BCUT2D eigenvalue weighted by Crippen LogP contribution is -2.12. The largest absolute Gasteiger partial charge is 0.454 e. The van der Waals surface area contributed by atoms with Crippen molar-refractivity contribution in [1.82, 2.24) is 0 Å². The number of carbonyl (C=O) groups excluding carboxylic acids is 2. The van der Waals surface area contributed by atoms with Crippen LogP contribution >= 0.6 is 15.9 Å². The first-order chi connectivity index (χ1) is 10.2. The molecule has 2 aromatic rings. The Labute approximate surface area is 131 Å². The van der Waals surface area contributed by atoms with Gasteiger partial charge in [0.2, 0.25) is 5.78 Å². The Morgan fingerprint density at radius 1 is 1.00 bits per heavy atom. The molecule has 21 heavy (non-hydrogen) atoms. The lowest BCUT2D eigenvalue weighted by molar-refractivity contribution is -0.136. The van der Waals surface area contributed by atoms with Gasteiger partial charge < -0.3 is 4.74 Å². The molecule has 2 aromatic carbocycles. The van der Waals surface area contributed by atoms with E-state index in [9.17, 15) is 9.59 Å². The van der Waals surface area contributed by atoms with Gasteiger partial charge in [-0.3, -0.25) is 4.79 Å². The molecule has 0 radical (unpaired) electrons. The van der Waals surface area contributed by atoms with Crippen LogP contribution in [0.1, 0.15) is 15.9 Å². The Morgan fingerprint density at radius 2 is 1.67 bits per heavy atom. The topological polar surface area (TPSA) is 43.4 Å². The van der Waals surface area contributed by atoms with Crippen molar-refractivity contribution in [2.45, 2.75) is 0 Å². The molecule has 0 aliphatic rings. The summed E-state index contributed by atoms with van der Waals surface area (Å²) in [4.78, 5) is 23.5. The summed E-state index contributed by atoms with van der Waals surface area (Å²) in [5, 5.41) is 0. The number of halogens is 1. The van der Waals surface area contributed by atoms with Gasteiger partial charge in [0.1, 0.15) is 0 Å². The second kappa shape index (κ2) is 7.55. The van der Waals surface area contributed by atoms with Gasteiger partial charge in [-0.15, -0.1) is 0 Å². The molecule has 0 unspecified atom stereocenters. The van der Waals surface area contributed by atoms with E-state index in [1.54, 1.807) is 24.3 Å². The van der Waals surface area contributed by atoms with E-state index in [0.29, 0.717) is 10.0 Å². The van der Waals surface area contributed by atoms with Crippen molar-refractivity contribution in [3.8, 4) is 0 Å². The minimum absolute atomic E-state index is 0.246. The van der Waals surface area contributed by atoms with Crippen molar-refractivity contribution in [3.63, 3.8) is 0 Å². The van der Waals surface area contributed by atoms with E-state index in [-0.39, 0.29) is 12.4 Å². The number of ketones is 1. The SMILES string of the molecule is O=C(/C=C/c1ccccc1)OCC(=O)c1ccccc1Br. The number of ether oxygens (including phenoxy) is 1. The Morgan fingerprint density at radius 3 is 2.38 bits per heavy atom. The minimum atomic E-state index is -0.542. The molecule has 106 valence electrons. The highest BCUT2D eigenvalue weighted by molar-refractivity contribution is 9.10. The molecule has 0 aliphatic carbocycles. The van der Waals surface area contributed by atoms with Crippen molar-refractivity contribution >= 4 is 33.8 Å². The molecule has 3 nitrogen and oxygen atoms in total. The molecule has 0 aromatic heterocycles. The molecule has 0 saturated carbocycles. The molecule has 0 aliphatic heterocycles. The number of hydrogen-bond donors (Lipinski definition) is 0. The Balaban J connectivity index is 1.88. The first kappa shape index (κ1) is 15.2. The van der Waals surface area contributed by atoms with Crippen LogP contribution in [0.2, 0.25) is 0 Å². The van der Waals surface area contributed by atoms with Gasteiger partial charge in [0, 0.05) is 16.1 Å². The molecule has 0 N–H and O–H groups in total. The highest BCUT2D eigenvalue weighted by atomic mass is 79.9. The number of rotatable bonds is 5. The smallest absolute Gasteiger partial charge is 0.331 e. The fraction of sp³-hybridized carbons (Fsp3) is 0.0588. The van der Waals surface area contributed by atoms with Gasteiger partial charge in [0.05, 0.1) is 0 Å². The molecule has 2 rings (SSSR count). The molecule has 0 saturated heterocycles. The maximum atomic E-state index is 11.9. The van der Waals surface area contributed by atoms with E-state index in [1.807, 2.05) is 36.4 Å². The fourth-order valence-electron chi connectivity index (χ4n) is 1.68. The molecule has 4 heteroatoms. The maximum Gasteiger partial charge on any atom is 0.331 e. The van der Waals surface area contributed by atoms with Gasteiger partial charge >= 0.3 is 5.97 Å². The average Bonchev–Trinajstić information content (AvgIpc) is 2.52. The van der Waals surface area contributed by atoms with E-state index >= 15 is 0 Å². The zero-order chi connectivity index (χ0) is 15.1. The summed E-state index contributed by atoms with van der Waals surface area (Å²) in [7, 11) is 0. The van der Waals surface area contributed by atoms with Crippen LogP contribution < -0.4 is 0 Å². The molecule has 0 amide bonds. The van der Waals surface area contributed by atoms with E-state index in [1.165, 1.54) is 6.08 Å². The second-order valence-electron chi connectivity index (χ2n) is 4.25. The summed E-state index contributed by atoms with van der Waals surface area (Å²) in [5.74, 6) is -0.789. The highest BCUT2D eigenvalue weighted by Gasteiger charge is 2.11. The predicted molar refractivity (Wildman–Crippen MR) is 84.9 cm³/mol. The summed E-state index contributed by atoms with van der Waals surface area (Å²) in [5.41, 5.74) is 1.39. The minimum Gasteiger partial charge on any atom is -0.454 e. The summed E-state index contributed by atoms with van der Waals surface area (Å²) in [6, 6.07) is 16.4. The number of benzene rings is 2. The quantitative estimate of drug-likeness (QED) is 0.469. The van der Waals surface area contributed by atoms with Gasteiger partial charge in [0.25, 0.3) is 0 Å². The van der Waals surface area contributed by atoms with Crippen molar-refractivity contribution < 1.29 is 14.3 Å². The van der Waals surface area contributed by atoms with Gasteiger partial charge in [0.15, 0.2) is 6.61 Å². The third kappa shape index (κ3) is 4.68. The molecular weight excluding hydrogens is 332 g/mol. The zero-order valence-electron chi connectivity index (χ0n) is 11.2. The maximum absolute atomic E-state index is 11.9. The molecule has 0 bridgehead atoms. The fourth-order valence-corrected chi connectivity index (χ4v) is 2.18. The summed E-state index contributed by atoms with van der Waals surface area (Å²) >= 11 is 3.29. The van der Waals surface area contributed by atoms with Crippen molar-refractivity contribution in [2.75, 3.05) is 6.61 Å². The molecule has 0 fully saturated rings. The van der Waals surface area contributed by atoms with Crippen LogP contribution in [-0.2, 0) is 9.53 Å². The van der Waals surface area contributed by atoms with E-state index in [2.05, 4.69) is 15.9 Å². The molecule has 0 heterocycles. The van der Waals surface area contributed by atoms with Crippen LogP contribution in [0, 0.1) is 0 Å². The van der Waals surface area contributed by atoms with Crippen molar-refractivity contribution in [2.24, 2.45) is 0 Å². The first-order valence-electron chi connectivity index (χ1n) is 6.34. The number of hydrogen-bond acceptors (Lipinski definition) is 3. The number of Topliss-reactive ketones (excluding diaryl/α,β-unsaturated/α-hetero) is 1. The molecular formula is C17H13BrO3. The van der Waals surface area contributed by atoms with Crippen molar-refractivity contribution in [3.05, 3.63) is 76.3 Å². The Kier molecular flexibility index (Phi) is 5.46. The van der Waals surface area contributed by atoms with Crippen LogP contribution in [0.3, 0.4) is 0 Å². The monoisotopic (exact) mass is 344 g/mol. The van der Waals surface area contributed by atoms with Gasteiger partial charge in [-0.1, -0.05) is 64.5 Å². The zero-order valence-corrected chi connectivity index (χ0v) is 12.7. The third-order valence-corrected chi connectivity index (χ3v) is 3.42. The molecule has 0 atom stereocenters. The van der Waals surface area contributed by atoms with Crippen LogP contribution in [0.25, 0.3) is 6.08 Å². The number of carbonyl (C=O) groups is 2. The summed E-state index contributed by atoms with van der Waals surface area (Å²) in [6.07, 6.45) is 2.95. The highest BCUT2D eigenvalue weighted by Crippen LogP contribution is 2.16. The van der Waals surface area contributed by atoms with Crippen LogP contribution in [0.4, 0.5) is 0 Å². The van der Waals surface area contributed by atoms with Gasteiger partial charge in [-0.2, -0.15) is 0 Å². The van der Waals surface area contributed by atoms with E-state index in [4.69, 9.17) is 4.74 Å². The van der Waals surface area contributed by atoms with Gasteiger partial charge in [-0.05, 0) is 17.7 Å². The number of esters is 1. The third-order valence-electron chi connectivity index (χ3n) is 2.73. The van der Waals surface area contributed by atoms with Crippen molar-refractivity contribution in [1.29, 1.82) is 0 Å². The predicted octanol–water partition coefficient (Wildman–Crippen LogP) is 3.89. The Hall–Kier alpha value is -2.20. The summed E-state index contributed by atoms with van der Waals surface area (Å²) < 4.78 is 5.62. The lowest BCUT2D eigenvalue weighted by atomic mass is 10.1. The normalized spacial score (nSPS) is 10.5. The average molecular weight is 345 g/mol. The Bertz CT molecular complexity index is 663. The van der Waals surface area contributed by atoms with Crippen LogP contribution in [0.15, 0.2) is 65.1 Å². The second-order valence-corrected chi connectivity index (χ2v) is 5.11. The standard InChI is InChI=1S/C17H13BrO3/c18-15-9-5-4-8-14(15)16(19)12-21-17(20)11-10-13-6-2-1-3-7-13/h1-11H,12H2/b11-10+. The van der Waals surface area contributed by atoms with Gasteiger partial charge in [-0.25, -0.2) is 4.79 Å². The van der Waals surface area contributed by atoms with E-state index in [0.717, 1.165) is 5.56 Å². The van der Waals surface area contributed by atoms with Crippen LogP contribution in [0.5, 0.6) is 0 Å². The summed E-state index contributed by atoms with van der Waals surface area (Å²) in [6.45, 7) is -0.277.